The fraction of sp³-hybridized carbons (Fsp3) is 0.235. The molecule has 0 atom stereocenters. The molecular weight excluding hydrogens is 321 g/mol. The molecule has 2 aromatic rings. The zero-order valence-electron chi connectivity index (χ0n) is 12.1. The first-order valence-corrected chi connectivity index (χ1v) is 8.05. The number of hydrogen-bond donors (Lipinski definition) is 0. The number of rotatable bonds is 2. The van der Waals surface area contributed by atoms with E-state index in [1.165, 1.54) is 0 Å². The fourth-order valence-electron chi connectivity index (χ4n) is 2.03. The first kappa shape index (κ1) is 16.2. The van der Waals surface area contributed by atoms with Gasteiger partial charge in [-0.25, -0.2) is 0 Å². The number of nitriles is 1. The van der Waals surface area contributed by atoms with Gasteiger partial charge in [0.2, 0.25) is 0 Å². The van der Waals surface area contributed by atoms with Crippen LogP contribution in [0.25, 0.3) is 0 Å². The van der Waals surface area contributed by atoms with Gasteiger partial charge in [-0.1, -0.05) is 55.7 Å². The molecule has 0 amide bonds. The standard InChI is InChI=1S/C17H15Cl2NS/c1-17(2,3)16-9-14(5-4-11(16)10-20)21-15-7-12(18)6-13(19)8-15/h4-9H,1-3H3. The third-order valence-electron chi connectivity index (χ3n) is 2.99. The normalized spacial score (nSPS) is 11.2. The van der Waals surface area contributed by atoms with Crippen molar-refractivity contribution in [2.45, 2.75) is 36.0 Å². The van der Waals surface area contributed by atoms with Gasteiger partial charge in [-0.15, -0.1) is 0 Å². The van der Waals surface area contributed by atoms with E-state index < -0.39 is 0 Å². The van der Waals surface area contributed by atoms with Crippen LogP contribution in [0.4, 0.5) is 0 Å². The molecule has 0 saturated carbocycles. The summed E-state index contributed by atoms with van der Waals surface area (Å²) >= 11 is 13.6. The summed E-state index contributed by atoms with van der Waals surface area (Å²) in [5.41, 5.74) is 1.69. The SMILES string of the molecule is CC(C)(C)c1cc(Sc2cc(Cl)cc(Cl)c2)ccc1C#N. The Kier molecular flexibility index (Phi) is 4.88. The van der Waals surface area contributed by atoms with Crippen LogP contribution in [-0.4, -0.2) is 0 Å². The Morgan fingerprint density at radius 1 is 0.952 bits per heavy atom. The van der Waals surface area contributed by atoms with Crippen LogP contribution in [0.2, 0.25) is 10.0 Å². The van der Waals surface area contributed by atoms with Gasteiger partial charge in [0.1, 0.15) is 0 Å². The van der Waals surface area contributed by atoms with Gasteiger partial charge in [-0.05, 0) is 47.4 Å². The van der Waals surface area contributed by atoms with Crippen molar-refractivity contribution in [3.63, 3.8) is 0 Å². The van der Waals surface area contributed by atoms with Gasteiger partial charge in [-0.3, -0.25) is 0 Å². The molecule has 1 nitrogen and oxygen atoms in total. The molecule has 0 bridgehead atoms. The number of halogens is 2. The van der Waals surface area contributed by atoms with E-state index in [1.807, 2.05) is 24.3 Å². The van der Waals surface area contributed by atoms with Crippen LogP contribution in [0.15, 0.2) is 46.2 Å². The topological polar surface area (TPSA) is 23.8 Å². The van der Waals surface area contributed by atoms with Crippen LogP contribution in [0.5, 0.6) is 0 Å². The Balaban J connectivity index is 2.40. The van der Waals surface area contributed by atoms with E-state index in [1.54, 1.807) is 17.8 Å². The van der Waals surface area contributed by atoms with Crippen LogP contribution in [0.1, 0.15) is 31.9 Å². The van der Waals surface area contributed by atoms with Gasteiger partial charge in [0.15, 0.2) is 0 Å². The third-order valence-corrected chi connectivity index (χ3v) is 4.39. The fourth-order valence-corrected chi connectivity index (χ4v) is 3.64. The lowest BCUT2D eigenvalue weighted by atomic mass is 9.84. The largest absolute Gasteiger partial charge is 0.192 e. The highest BCUT2D eigenvalue weighted by molar-refractivity contribution is 7.99. The predicted molar refractivity (Wildman–Crippen MR) is 90.4 cm³/mol. The molecule has 0 heterocycles. The Morgan fingerprint density at radius 2 is 1.57 bits per heavy atom. The lowest BCUT2D eigenvalue weighted by Gasteiger charge is -2.21. The van der Waals surface area contributed by atoms with Crippen molar-refractivity contribution in [1.29, 1.82) is 5.26 Å². The Bertz CT molecular complexity index is 691. The van der Waals surface area contributed by atoms with E-state index in [4.69, 9.17) is 23.2 Å². The molecular formula is C17H15Cl2NS. The van der Waals surface area contributed by atoms with Gasteiger partial charge in [0, 0.05) is 19.8 Å². The van der Waals surface area contributed by atoms with Gasteiger partial charge in [-0.2, -0.15) is 5.26 Å². The minimum atomic E-state index is -0.0758. The Labute approximate surface area is 139 Å². The first-order chi connectivity index (χ1) is 9.79. The highest BCUT2D eigenvalue weighted by Gasteiger charge is 2.18. The molecule has 0 N–H and O–H groups in total. The van der Waals surface area contributed by atoms with Gasteiger partial charge >= 0.3 is 0 Å². The van der Waals surface area contributed by atoms with Crippen molar-refractivity contribution in [1.82, 2.24) is 0 Å². The monoisotopic (exact) mass is 335 g/mol. The molecule has 108 valence electrons. The smallest absolute Gasteiger partial charge is 0.0994 e. The molecule has 0 fully saturated rings. The summed E-state index contributed by atoms with van der Waals surface area (Å²) in [7, 11) is 0. The van der Waals surface area contributed by atoms with Crippen molar-refractivity contribution >= 4 is 35.0 Å². The lowest BCUT2D eigenvalue weighted by molar-refractivity contribution is 0.587. The highest BCUT2D eigenvalue weighted by Crippen LogP contribution is 2.35. The average molecular weight is 336 g/mol. The lowest BCUT2D eigenvalue weighted by Crippen LogP contribution is -2.13. The molecule has 21 heavy (non-hydrogen) atoms. The Hall–Kier alpha value is -1.14. The first-order valence-electron chi connectivity index (χ1n) is 6.48. The molecule has 0 radical (unpaired) electrons. The van der Waals surface area contributed by atoms with Crippen molar-refractivity contribution < 1.29 is 0 Å². The summed E-state index contributed by atoms with van der Waals surface area (Å²) in [6.45, 7) is 6.32. The summed E-state index contributed by atoms with van der Waals surface area (Å²) in [6, 6.07) is 13.6. The van der Waals surface area contributed by atoms with E-state index in [-0.39, 0.29) is 5.41 Å². The molecule has 0 aliphatic rings. The van der Waals surface area contributed by atoms with Crippen LogP contribution < -0.4 is 0 Å². The van der Waals surface area contributed by atoms with E-state index >= 15 is 0 Å². The molecule has 0 spiro atoms. The summed E-state index contributed by atoms with van der Waals surface area (Å²) in [4.78, 5) is 2.05. The van der Waals surface area contributed by atoms with E-state index in [9.17, 15) is 5.26 Å². The molecule has 0 saturated heterocycles. The second-order valence-corrected chi connectivity index (χ2v) is 7.80. The minimum Gasteiger partial charge on any atom is -0.192 e. The maximum absolute atomic E-state index is 9.24. The summed E-state index contributed by atoms with van der Waals surface area (Å²) in [5, 5.41) is 10.5. The zero-order chi connectivity index (χ0) is 15.6. The Morgan fingerprint density at radius 3 is 2.10 bits per heavy atom. The molecule has 0 aliphatic heterocycles. The van der Waals surface area contributed by atoms with Gasteiger partial charge in [0.25, 0.3) is 0 Å². The van der Waals surface area contributed by atoms with Crippen LogP contribution >= 0.6 is 35.0 Å². The quantitative estimate of drug-likeness (QED) is 0.641. The van der Waals surface area contributed by atoms with Crippen LogP contribution in [0, 0.1) is 11.3 Å². The molecule has 0 aliphatic carbocycles. The van der Waals surface area contributed by atoms with E-state index in [0.29, 0.717) is 10.0 Å². The third kappa shape index (κ3) is 4.17. The van der Waals surface area contributed by atoms with Crippen molar-refractivity contribution in [3.05, 3.63) is 57.6 Å². The molecule has 0 aromatic heterocycles. The van der Waals surface area contributed by atoms with Gasteiger partial charge < -0.3 is 0 Å². The molecule has 4 heteroatoms. The minimum absolute atomic E-state index is 0.0758. The second-order valence-electron chi connectivity index (χ2n) is 5.78. The number of benzene rings is 2. The van der Waals surface area contributed by atoms with E-state index in [2.05, 4.69) is 32.9 Å². The zero-order valence-corrected chi connectivity index (χ0v) is 14.4. The van der Waals surface area contributed by atoms with Crippen LogP contribution in [0.3, 0.4) is 0 Å². The number of hydrogen-bond acceptors (Lipinski definition) is 2. The molecule has 0 unspecified atom stereocenters. The summed E-state index contributed by atoms with van der Waals surface area (Å²) in [5.74, 6) is 0. The maximum atomic E-state index is 9.24. The average Bonchev–Trinajstić information content (AvgIpc) is 2.36. The summed E-state index contributed by atoms with van der Waals surface area (Å²) < 4.78 is 0. The number of nitrogens with zero attached hydrogens (tertiary/aromatic N) is 1. The molecule has 2 rings (SSSR count). The highest BCUT2D eigenvalue weighted by atomic mass is 35.5. The summed E-state index contributed by atoms with van der Waals surface area (Å²) in [6.07, 6.45) is 0. The van der Waals surface area contributed by atoms with Crippen molar-refractivity contribution in [2.75, 3.05) is 0 Å². The van der Waals surface area contributed by atoms with E-state index in [0.717, 1.165) is 20.9 Å². The van der Waals surface area contributed by atoms with Crippen LogP contribution in [-0.2, 0) is 5.41 Å². The second kappa shape index (κ2) is 6.32. The van der Waals surface area contributed by atoms with Crippen molar-refractivity contribution in [2.24, 2.45) is 0 Å². The van der Waals surface area contributed by atoms with Crippen molar-refractivity contribution in [3.8, 4) is 6.07 Å². The molecule has 2 aromatic carbocycles. The van der Waals surface area contributed by atoms with Gasteiger partial charge in [0.05, 0.1) is 11.6 Å². The predicted octanol–water partition coefficient (Wildman–Crippen LogP) is 6.31. The maximum Gasteiger partial charge on any atom is 0.0994 e.